The summed E-state index contributed by atoms with van der Waals surface area (Å²) in [5.41, 5.74) is 21.3. The third kappa shape index (κ3) is 15.9. The number of rotatable bonds is 19. The fraction of sp³-hybridized carbons (Fsp3) is 0.696. The fourth-order valence-electron chi connectivity index (χ4n) is 3.33. The van der Waals surface area contributed by atoms with Gasteiger partial charge in [0.25, 0.3) is 0 Å². The zero-order valence-corrected chi connectivity index (χ0v) is 22.6. The first kappa shape index (κ1) is 35.2. The predicted molar refractivity (Wildman–Crippen MR) is 142 cm³/mol. The van der Waals surface area contributed by atoms with Gasteiger partial charge < -0.3 is 54.1 Å². The molecule has 0 aromatic heterocycles. The summed E-state index contributed by atoms with van der Waals surface area (Å²) in [5, 5.41) is 19.8. The van der Waals surface area contributed by atoms with Gasteiger partial charge in [0.2, 0.25) is 29.5 Å². The molecule has 0 saturated heterocycles. The number of carbonyl (C=O) groups excluding carboxylic acids is 6. The summed E-state index contributed by atoms with van der Waals surface area (Å²) in [6.45, 7) is 4.63. The van der Waals surface area contributed by atoms with E-state index in [1.165, 1.54) is 6.92 Å². The molecule has 0 spiro atoms. The molecule has 0 aromatic carbocycles. The minimum absolute atomic E-state index is 0.0104. The van der Waals surface area contributed by atoms with E-state index in [2.05, 4.69) is 26.3 Å². The Hall–Kier alpha value is -3.79. The Balaban J connectivity index is 5.37. The van der Waals surface area contributed by atoms with Crippen LogP contribution in [0.5, 0.6) is 0 Å². The number of nitrogens with one attached hydrogen (secondary N) is 4. The molecule has 0 heterocycles. The van der Waals surface area contributed by atoms with Crippen molar-refractivity contribution in [2.45, 2.75) is 83.1 Å². The van der Waals surface area contributed by atoms with Crippen LogP contribution >= 0.6 is 0 Å². The van der Waals surface area contributed by atoms with E-state index in [1.807, 2.05) is 13.8 Å². The van der Waals surface area contributed by atoms with Gasteiger partial charge in [-0.25, -0.2) is 0 Å². The van der Waals surface area contributed by atoms with Crippen LogP contribution in [0.3, 0.4) is 0 Å². The molecule has 0 aromatic rings. The van der Waals surface area contributed by atoms with Crippen LogP contribution in [0.4, 0.5) is 0 Å². The molecule has 5 atom stereocenters. The zero-order chi connectivity index (χ0) is 30.1. The summed E-state index contributed by atoms with van der Waals surface area (Å²) in [6, 6.07) is -4.50. The van der Waals surface area contributed by atoms with Crippen molar-refractivity contribution in [3.8, 4) is 0 Å². The summed E-state index contributed by atoms with van der Waals surface area (Å²) >= 11 is 0. The van der Waals surface area contributed by atoms with E-state index in [9.17, 15) is 33.9 Å². The van der Waals surface area contributed by atoms with E-state index in [4.69, 9.17) is 22.9 Å². The van der Waals surface area contributed by atoms with Gasteiger partial charge in [-0.2, -0.15) is 0 Å². The SMILES string of the molecule is CC(C)C[C@@H](C=O)NC(=O)[C@@H](NC(=O)[C@H](CCCN=C(N)N)NC(=O)CNC(=O)[C@@H](N)CCC(N)=O)[C@@H](C)O. The monoisotopic (exact) mass is 557 g/mol. The lowest BCUT2D eigenvalue weighted by molar-refractivity contribution is -0.135. The van der Waals surface area contributed by atoms with Gasteiger partial charge in [-0.15, -0.1) is 0 Å². The lowest BCUT2D eigenvalue weighted by Crippen LogP contribution is -2.59. The van der Waals surface area contributed by atoms with Crippen LogP contribution in [0, 0.1) is 5.92 Å². The second-order valence-electron chi connectivity index (χ2n) is 9.51. The molecular formula is C23H43N9O7. The molecule has 0 fully saturated rings. The number of hydrogen-bond donors (Lipinski definition) is 9. The largest absolute Gasteiger partial charge is 0.391 e. The molecule has 222 valence electrons. The van der Waals surface area contributed by atoms with Gasteiger partial charge in [0.15, 0.2) is 5.96 Å². The molecule has 0 rings (SSSR count). The minimum Gasteiger partial charge on any atom is -0.391 e. The summed E-state index contributed by atoms with van der Waals surface area (Å²) in [7, 11) is 0. The summed E-state index contributed by atoms with van der Waals surface area (Å²) in [4.78, 5) is 76.3. The van der Waals surface area contributed by atoms with Gasteiger partial charge in [-0.05, 0) is 38.5 Å². The Morgan fingerprint density at radius 1 is 0.923 bits per heavy atom. The van der Waals surface area contributed by atoms with Crippen molar-refractivity contribution < 1.29 is 33.9 Å². The van der Waals surface area contributed by atoms with Crippen LogP contribution in [0.2, 0.25) is 0 Å². The van der Waals surface area contributed by atoms with Gasteiger partial charge >= 0.3 is 0 Å². The quantitative estimate of drug-likeness (QED) is 0.0319. The van der Waals surface area contributed by atoms with Crippen LogP contribution in [0.25, 0.3) is 0 Å². The van der Waals surface area contributed by atoms with E-state index < -0.39 is 66.4 Å². The molecule has 39 heavy (non-hydrogen) atoms. The highest BCUT2D eigenvalue weighted by Crippen LogP contribution is 2.05. The van der Waals surface area contributed by atoms with Crippen LogP contribution in [-0.4, -0.2) is 90.2 Å². The number of guanidine groups is 1. The maximum absolute atomic E-state index is 13.0. The van der Waals surface area contributed by atoms with Gasteiger partial charge in [-0.1, -0.05) is 13.8 Å². The second kappa shape index (κ2) is 18.5. The maximum atomic E-state index is 13.0. The molecule has 0 radical (unpaired) electrons. The fourth-order valence-corrected chi connectivity index (χ4v) is 3.33. The molecule has 0 aliphatic rings. The van der Waals surface area contributed by atoms with E-state index in [-0.39, 0.29) is 44.1 Å². The zero-order valence-electron chi connectivity index (χ0n) is 22.6. The number of nitrogens with zero attached hydrogens (tertiary/aromatic N) is 1. The number of amides is 5. The predicted octanol–water partition coefficient (Wildman–Crippen LogP) is -4.17. The number of aliphatic hydroxyl groups is 1. The highest BCUT2D eigenvalue weighted by molar-refractivity contribution is 5.94. The maximum Gasteiger partial charge on any atom is 0.245 e. The highest BCUT2D eigenvalue weighted by Gasteiger charge is 2.31. The lowest BCUT2D eigenvalue weighted by atomic mass is 10.0. The number of hydrogen-bond acceptors (Lipinski definition) is 9. The van der Waals surface area contributed by atoms with Crippen molar-refractivity contribution in [1.82, 2.24) is 21.3 Å². The minimum atomic E-state index is -1.42. The Morgan fingerprint density at radius 2 is 1.56 bits per heavy atom. The number of aliphatic imine (C=N–C) groups is 1. The van der Waals surface area contributed by atoms with E-state index in [0.717, 1.165) is 0 Å². The molecule has 16 nitrogen and oxygen atoms in total. The molecular weight excluding hydrogens is 514 g/mol. The molecule has 13 N–H and O–H groups in total. The topological polar surface area (TPSA) is 287 Å². The average Bonchev–Trinajstić information content (AvgIpc) is 2.84. The number of aliphatic hydroxyl groups excluding tert-OH is 1. The summed E-state index contributed by atoms with van der Waals surface area (Å²) in [6.07, 6.45) is -0.228. The lowest BCUT2D eigenvalue weighted by Gasteiger charge is -2.26. The van der Waals surface area contributed by atoms with Crippen LogP contribution < -0.4 is 44.2 Å². The van der Waals surface area contributed by atoms with Crippen molar-refractivity contribution in [3.05, 3.63) is 0 Å². The van der Waals surface area contributed by atoms with Crippen molar-refractivity contribution in [2.24, 2.45) is 33.8 Å². The van der Waals surface area contributed by atoms with Crippen molar-refractivity contribution in [1.29, 1.82) is 0 Å². The third-order valence-electron chi connectivity index (χ3n) is 5.34. The number of aldehydes is 1. The van der Waals surface area contributed by atoms with Crippen molar-refractivity contribution in [3.63, 3.8) is 0 Å². The summed E-state index contributed by atoms with van der Waals surface area (Å²) in [5.74, 6) is -3.71. The second-order valence-corrected chi connectivity index (χ2v) is 9.51. The van der Waals surface area contributed by atoms with E-state index in [1.54, 1.807) is 0 Å². The molecule has 16 heteroatoms. The average molecular weight is 558 g/mol. The molecule has 0 aliphatic carbocycles. The third-order valence-corrected chi connectivity index (χ3v) is 5.34. The summed E-state index contributed by atoms with van der Waals surface area (Å²) < 4.78 is 0. The molecule has 0 bridgehead atoms. The smallest absolute Gasteiger partial charge is 0.245 e. The number of nitrogens with two attached hydrogens (primary N) is 4. The van der Waals surface area contributed by atoms with Gasteiger partial charge in [0, 0.05) is 13.0 Å². The Morgan fingerprint density at radius 3 is 2.08 bits per heavy atom. The first-order valence-corrected chi connectivity index (χ1v) is 12.6. The Labute approximate surface area is 227 Å². The standard InChI is InChI=1S/C23H43N9O7/c1-12(2)9-14(11-33)30-22(39)19(13(3)34)32-21(38)16(5-4-8-28-23(26)27)31-18(36)10-29-20(37)15(24)6-7-17(25)35/h11-16,19,34H,4-10,24H2,1-3H3,(H2,25,35)(H,29,37)(H,30,39)(H,31,36)(H,32,38)(H4,26,27,28)/t13-,14+,15+,16+,19+/m1/s1. The highest BCUT2D eigenvalue weighted by atomic mass is 16.3. The van der Waals surface area contributed by atoms with Gasteiger partial charge in [-0.3, -0.25) is 29.0 Å². The molecule has 5 amide bonds. The van der Waals surface area contributed by atoms with Crippen molar-refractivity contribution >= 4 is 41.8 Å². The van der Waals surface area contributed by atoms with E-state index in [0.29, 0.717) is 12.7 Å². The molecule has 0 saturated carbocycles. The molecule has 0 aliphatic heterocycles. The number of primary amides is 1. The Kier molecular flexibility index (Phi) is 16.7. The Bertz CT molecular complexity index is 876. The first-order valence-electron chi connectivity index (χ1n) is 12.6. The van der Waals surface area contributed by atoms with Crippen LogP contribution in [0.1, 0.15) is 52.9 Å². The molecule has 0 unspecified atom stereocenters. The van der Waals surface area contributed by atoms with Gasteiger partial charge in [0.1, 0.15) is 18.4 Å². The normalized spacial score (nSPS) is 14.6. The van der Waals surface area contributed by atoms with E-state index >= 15 is 0 Å². The first-order chi connectivity index (χ1) is 18.2. The van der Waals surface area contributed by atoms with Crippen LogP contribution in [0.15, 0.2) is 4.99 Å². The van der Waals surface area contributed by atoms with Crippen molar-refractivity contribution in [2.75, 3.05) is 13.1 Å². The number of carbonyl (C=O) groups is 6. The van der Waals surface area contributed by atoms with Crippen LogP contribution in [-0.2, 0) is 28.8 Å². The van der Waals surface area contributed by atoms with Gasteiger partial charge in [0.05, 0.1) is 24.7 Å².